The van der Waals surface area contributed by atoms with Crippen LogP contribution in [0.15, 0.2) is 35.1 Å². The molecule has 122 valence electrons. The average molecular weight is 336 g/mol. The minimum Gasteiger partial charge on any atom is -0.490 e. The number of aliphatic hydroxyl groups excluding tert-OH is 1. The molecule has 2 rings (SSSR count). The monoisotopic (exact) mass is 335 g/mol. The summed E-state index contributed by atoms with van der Waals surface area (Å²) in [4.78, 5) is 14.0. The van der Waals surface area contributed by atoms with E-state index >= 15 is 0 Å². The minimum absolute atomic E-state index is 0. The summed E-state index contributed by atoms with van der Waals surface area (Å²) in [5.41, 5.74) is -3.04. The molecule has 22 heavy (non-hydrogen) atoms. The van der Waals surface area contributed by atoms with E-state index in [2.05, 4.69) is 10.3 Å². The van der Waals surface area contributed by atoms with Crippen molar-refractivity contribution in [3.05, 3.63) is 40.7 Å². The number of H-pyrrole nitrogens is 1. The van der Waals surface area contributed by atoms with Gasteiger partial charge in [0.15, 0.2) is 0 Å². The number of rotatable bonds is 5. The second kappa shape index (κ2) is 7.63. The first-order chi connectivity index (χ1) is 13.6. The number of hydrogen-bond acceptors (Lipinski definition) is 4. The third-order valence-electron chi connectivity index (χ3n) is 2.76. The number of aromatic amines is 1. The lowest BCUT2D eigenvalue weighted by molar-refractivity contribution is 0.101. The van der Waals surface area contributed by atoms with Gasteiger partial charge >= 0.3 is 0 Å². The number of fused-ring (bicyclic) bond motifs is 1. The van der Waals surface area contributed by atoms with Gasteiger partial charge in [0.1, 0.15) is 18.5 Å². The number of pyridine rings is 1. The zero-order valence-electron chi connectivity index (χ0n) is 20.6. The molecule has 2 aromatic rings. The topological polar surface area (TPSA) is 74.3 Å². The van der Waals surface area contributed by atoms with Crippen molar-refractivity contribution >= 4 is 23.3 Å². The molecule has 0 aliphatic rings. The lowest BCUT2D eigenvalue weighted by Crippen LogP contribution is -2.42. The Bertz CT molecular complexity index is 905. The summed E-state index contributed by atoms with van der Waals surface area (Å²) < 4.78 is 73.4. The number of ether oxygens (including phenoxy) is 1. The minimum atomic E-state index is -3.41. The molecule has 0 fully saturated rings. The van der Waals surface area contributed by atoms with E-state index in [4.69, 9.17) is 17.1 Å². The van der Waals surface area contributed by atoms with Crippen LogP contribution < -0.4 is 15.6 Å². The summed E-state index contributed by atoms with van der Waals surface area (Å²) in [5, 5.41) is 12.8. The maximum absolute atomic E-state index is 11.4. The first kappa shape index (κ1) is 8.91. The molecule has 6 heteroatoms. The van der Waals surface area contributed by atoms with E-state index in [0.29, 0.717) is 16.7 Å². The first-order valence-electron chi connectivity index (χ1n) is 10.8. The van der Waals surface area contributed by atoms with E-state index in [1.807, 2.05) is 0 Å². The van der Waals surface area contributed by atoms with Gasteiger partial charge in [-0.2, -0.15) is 0 Å². The van der Waals surface area contributed by atoms with Crippen molar-refractivity contribution in [2.45, 2.75) is 32.2 Å². The van der Waals surface area contributed by atoms with Crippen molar-refractivity contribution < 1.29 is 22.2 Å². The summed E-state index contributed by atoms with van der Waals surface area (Å²) in [7, 11) is 0. The maximum atomic E-state index is 11.4. The van der Waals surface area contributed by atoms with Gasteiger partial charge in [0.05, 0.1) is 5.52 Å². The smallest absolute Gasteiger partial charge is 0.248 e. The van der Waals surface area contributed by atoms with Gasteiger partial charge in [-0.15, -0.1) is 12.4 Å². The predicted octanol–water partition coefficient (Wildman–Crippen LogP) is 2.08. The van der Waals surface area contributed by atoms with E-state index in [1.54, 1.807) is 18.2 Å². The first-order valence-corrected chi connectivity index (χ1v) is 6.28. The fraction of sp³-hybridized carbons (Fsp3) is 0.438. The van der Waals surface area contributed by atoms with E-state index in [9.17, 15) is 9.90 Å². The van der Waals surface area contributed by atoms with Crippen LogP contribution in [0.25, 0.3) is 10.9 Å². The van der Waals surface area contributed by atoms with Crippen LogP contribution in [-0.2, 0) is 0 Å². The van der Waals surface area contributed by atoms with E-state index in [1.165, 1.54) is 12.1 Å². The normalized spacial score (nSPS) is 20.5. The second-order valence-corrected chi connectivity index (χ2v) is 4.64. The van der Waals surface area contributed by atoms with E-state index in [0.717, 1.165) is 0 Å². The zero-order valence-corrected chi connectivity index (χ0v) is 12.4. The molecular formula is C16H23ClN2O3. The molecule has 5 nitrogen and oxygen atoms in total. The number of halogens is 1. The molecule has 0 radical (unpaired) electrons. The summed E-state index contributed by atoms with van der Waals surface area (Å²) >= 11 is 0. The van der Waals surface area contributed by atoms with Gasteiger partial charge < -0.3 is 20.1 Å². The molecule has 0 spiro atoms. The summed E-state index contributed by atoms with van der Waals surface area (Å²) in [6.45, 7) is -11.3. The van der Waals surface area contributed by atoms with Gasteiger partial charge in [-0.25, -0.2) is 0 Å². The molecule has 1 aromatic carbocycles. The Morgan fingerprint density at radius 2 is 2.14 bits per heavy atom. The lowest BCUT2D eigenvalue weighted by atomic mass is 10.1. The number of aliphatic hydroxyl groups is 1. The van der Waals surface area contributed by atoms with Crippen molar-refractivity contribution in [1.29, 1.82) is 0 Å². The van der Waals surface area contributed by atoms with Crippen LogP contribution in [0.2, 0.25) is 0 Å². The summed E-state index contributed by atoms with van der Waals surface area (Å²) in [6.07, 6.45) is -1.42. The summed E-state index contributed by atoms with van der Waals surface area (Å²) in [6, 6.07) is 7.67. The van der Waals surface area contributed by atoms with Crippen LogP contribution in [-0.4, -0.2) is 34.9 Å². The van der Waals surface area contributed by atoms with E-state index < -0.39 is 38.7 Å². The van der Waals surface area contributed by atoms with Gasteiger partial charge in [0.25, 0.3) is 0 Å². The number of aromatic nitrogens is 1. The molecule has 0 saturated heterocycles. The van der Waals surface area contributed by atoms with Gasteiger partial charge in [0.2, 0.25) is 5.56 Å². The molecule has 1 atom stereocenters. The Morgan fingerprint density at radius 3 is 2.86 bits per heavy atom. The van der Waals surface area contributed by atoms with Crippen molar-refractivity contribution in [2.24, 2.45) is 0 Å². The highest BCUT2D eigenvalue weighted by Crippen LogP contribution is 2.22. The molecule has 0 amide bonds. The van der Waals surface area contributed by atoms with Crippen LogP contribution in [0.4, 0.5) is 0 Å². The molecule has 0 bridgehead atoms. The molecule has 0 aliphatic carbocycles. The van der Waals surface area contributed by atoms with Crippen molar-refractivity contribution in [3.63, 3.8) is 0 Å². The SMILES string of the molecule is Cl.[2H]C([2H])([2H])C(NCC(O)COc1cccc2[nH]c(=O)ccc12)(C([2H])([2H])[2H])C([2H])([2H])[2H]. The predicted molar refractivity (Wildman–Crippen MR) is 91.1 cm³/mol. The Kier molecular flexibility index (Phi) is 3.09. The summed E-state index contributed by atoms with van der Waals surface area (Å²) in [5.74, 6) is 0.316. The van der Waals surface area contributed by atoms with Crippen LogP contribution in [0.5, 0.6) is 5.75 Å². The third kappa shape index (κ3) is 5.33. The van der Waals surface area contributed by atoms with Crippen LogP contribution in [0.1, 0.15) is 32.9 Å². The van der Waals surface area contributed by atoms with Crippen molar-refractivity contribution in [2.75, 3.05) is 13.2 Å². The van der Waals surface area contributed by atoms with Crippen LogP contribution in [0, 0.1) is 0 Å². The molecular weight excluding hydrogens is 304 g/mol. The lowest BCUT2D eigenvalue weighted by Gasteiger charge is -2.23. The van der Waals surface area contributed by atoms with Gasteiger partial charge in [0, 0.05) is 35.9 Å². The van der Waals surface area contributed by atoms with Gasteiger partial charge in [-0.05, 0) is 38.8 Å². The van der Waals surface area contributed by atoms with Crippen molar-refractivity contribution in [1.82, 2.24) is 10.3 Å². The molecule has 0 aliphatic heterocycles. The number of hydrogen-bond donors (Lipinski definition) is 3. The molecule has 1 heterocycles. The Labute approximate surface area is 148 Å². The highest BCUT2D eigenvalue weighted by Gasteiger charge is 2.13. The number of β-amino-alcohol motifs (C(OH)–C–C–N with tert-alkyl or cyclic N) is 1. The quantitative estimate of drug-likeness (QED) is 0.782. The van der Waals surface area contributed by atoms with Crippen molar-refractivity contribution in [3.8, 4) is 5.75 Å². The fourth-order valence-electron chi connectivity index (χ4n) is 1.80. The van der Waals surface area contributed by atoms with Gasteiger partial charge in [-0.3, -0.25) is 4.79 Å². The number of benzene rings is 1. The molecule has 1 unspecified atom stereocenters. The molecule has 0 saturated carbocycles. The third-order valence-corrected chi connectivity index (χ3v) is 2.76. The molecule has 1 aromatic heterocycles. The second-order valence-electron chi connectivity index (χ2n) is 4.64. The van der Waals surface area contributed by atoms with Crippen LogP contribution >= 0.6 is 12.4 Å². The highest BCUT2D eigenvalue weighted by atomic mass is 35.5. The maximum Gasteiger partial charge on any atom is 0.248 e. The Morgan fingerprint density at radius 1 is 1.36 bits per heavy atom. The average Bonchev–Trinajstić information content (AvgIpc) is 2.56. The fourth-order valence-corrected chi connectivity index (χ4v) is 1.80. The zero-order chi connectivity index (χ0) is 23.0. The number of nitrogens with one attached hydrogen (secondary N) is 2. The van der Waals surface area contributed by atoms with E-state index in [-0.39, 0.29) is 24.6 Å². The van der Waals surface area contributed by atoms with Crippen LogP contribution in [0.3, 0.4) is 0 Å². The Balaban J connectivity index is 0.00000480. The largest absolute Gasteiger partial charge is 0.490 e. The highest BCUT2D eigenvalue weighted by molar-refractivity contribution is 5.85. The van der Waals surface area contributed by atoms with Gasteiger partial charge in [-0.1, -0.05) is 6.07 Å². The molecule has 3 N–H and O–H groups in total. The Hall–Kier alpha value is -1.56. The standard InChI is InChI=1S/C16H22N2O3.ClH/c1-16(2,3)17-9-11(19)10-21-14-6-4-5-13-12(14)7-8-15(20)18-13;/h4-8,11,17,19H,9-10H2,1-3H3,(H,18,20);1H/i1D3,2D3,3D3;.